The van der Waals surface area contributed by atoms with Crippen molar-refractivity contribution in [2.24, 2.45) is 0 Å². The standard InChI is InChI=1S/C30H21N7O4S2/c1-2-8-21(9-3-1)43-30(27-33-15-18-39-27)29(24-11-6-14-32-24,26-22(20-40-35-26)23-10-4-5-13-31-23)36(25-12-7-17-38-25)37(41-30)28-34-16-19-42-28/h1-20,32H. The first-order valence-electron chi connectivity index (χ1n) is 13.2. The van der Waals surface area contributed by atoms with E-state index in [-0.39, 0.29) is 5.89 Å². The molecule has 0 bridgehead atoms. The summed E-state index contributed by atoms with van der Waals surface area (Å²) in [5.41, 5.74) is 1.04. The van der Waals surface area contributed by atoms with Crippen molar-refractivity contribution in [1.82, 2.24) is 25.1 Å². The molecule has 0 spiro atoms. The van der Waals surface area contributed by atoms with Crippen LogP contribution in [-0.2, 0) is 15.3 Å². The zero-order valence-electron chi connectivity index (χ0n) is 22.2. The molecule has 8 rings (SSSR count). The molecular weight excluding hydrogens is 587 g/mol. The Bertz CT molecular complexity index is 1900. The molecule has 2 unspecified atom stereocenters. The molecule has 2 atom stereocenters. The van der Waals surface area contributed by atoms with Gasteiger partial charge >= 0.3 is 0 Å². The number of thioether (sulfide) groups is 1. The Labute approximate surface area is 252 Å². The Morgan fingerprint density at radius 3 is 2.49 bits per heavy atom. The van der Waals surface area contributed by atoms with Crippen LogP contribution in [-0.4, -0.2) is 25.1 Å². The summed E-state index contributed by atoms with van der Waals surface area (Å²) in [5, 5.41) is 10.6. The van der Waals surface area contributed by atoms with E-state index in [9.17, 15) is 0 Å². The second-order valence-electron chi connectivity index (χ2n) is 9.40. The number of H-pyrrole nitrogens is 1. The van der Waals surface area contributed by atoms with Crippen LogP contribution < -0.4 is 10.2 Å². The predicted molar refractivity (Wildman–Crippen MR) is 159 cm³/mol. The fourth-order valence-corrected chi connectivity index (χ4v) is 7.32. The molecule has 1 aromatic carbocycles. The van der Waals surface area contributed by atoms with Gasteiger partial charge in [0.05, 0.1) is 29.4 Å². The molecule has 212 valence electrons. The minimum atomic E-state index is -1.50. The van der Waals surface area contributed by atoms with Gasteiger partial charge in [-0.25, -0.2) is 19.8 Å². The van der Waals surface area contributed by atoms with Crippen LogP contribution in [0.2, 0.25) is 0 Å². The first kappa shape index (κ1) is 25.6. The second-order valence-corrected chi connectivity index (χ2v) is 11.5. The summed E-state index contributed by atoms with van der Waals surface area (Å²) in [7, 11) is 0. The van der Waals surface area contributed by atoms with Crippen LogP contribution in [0.4, 0.5) is 11.0 Å². The fourth-order valence-electron chi connectivity index (χ4n) is 5.39. The van der Waals surface area contributed by atoms with Gasteiger partial charge in [-0.15, -0.1) is 16.5 Å². The van der Waals surface area contributed by atoms with Crippen molar-refractivity contribution in [3.8, 4) is 11.3 Å². The molecule has 0 saturated carbocycles. The molecule has 1 fully saturated rings. The summed E-state index contributed by atoms with van der Waals surface area (Å²) in [5.74, 6) is 0.725. The van der Waals surface area contributed by atoms with E-state index in [1.165, 1.54) is 29.4 Å². The number of aromatic amines is 1. The van der Waals surface area contributed by atoms with E-state index in [2.05, 4.69) is 15.0 Å². The largest absolute Gasteiger partial charge is 0.447 e. The third-order valence-electron chi connectivity index (χ3n) is 7.05. The molecule has 13 heteroatoms. The number of hydrogen-bond donors (Lipinski definition) is 1. The molecule has 7 aromatic rings. The molecule has 1 N–H and O–H groups in total. The number of benzene rings is 1. The number of hydrazine groups is 1. The Morgan fingerprint density at radius 2 is 1.77 bits per heavy atom. The van der Waals surface area contributed by atoms with Crippen molar-refractivity contribution >= 4 is 34.1 Å². The van der Waals surface area contributed by atoms with E-state index in [1.54, 1.807) is 36.3 Å². The third-order valence-corrected chi connectivity index (χ3v) is 9.12. The molecule has 0 amide bonds. The minimum Gasteiger partial charge on any atom is -0.447 e. The monoisotopic (exact) mass is 607 g/mol. The molecule has 1 saturated heterocycles. The SMILES string of the molecule is c1ccc(SC2(c3ncco3)ON(c3nccs3)N(c3ccco3)C2(c2ccc[nH]2)c2nocc2-c2ccccn2)cc1. The van der Waals surface area contributed by atoms with E-state index in [0.29, 0.717) is 33.7 Å². The summed E-state index contributed by atoms with van der Waals surface area (Å²) in [6.07, 6.45) is 11.6. The molecule has 0 aliphatic carbocycles. The number of anilines is 2. The second kappa shape index (κ2) is 10.3. The molecule has 0 radical (unpaired) electrons. The highest BCUT2D eigenvalue weighted by Crippen LogP contribution is 2.65. The zero-order chi connectivity index (χ0) is 28.7. The van der Waals surface area contributed by atoms with Crippen molar-refractivity contribution < 1.29 is 18.2 Å². The summed E-state index contributed by atoms with van der Waals surface area (Å²) in [4.78, 5) is 24.0. The van der Waals surface area contributed by atoms with Crippen molar-refractivity contribution in [3.63, 3.8) is 0 Å². The average Bonchev–Trinajstić information content (AvgIpc) is 3.90. The number of furan rings is 1. The molecule has 6 aromatic heterocycles. The van der Waals surface area contributed by atoms with Gasteiger partial charge in [-0.2, -0.15) is 0 Å². The highest BCUT2D eigenvalue weighted by Gasteiger charge is 2.75. The van der Waals surface area contributed by atoms with Gasteiger partial charge in [0, 0.05) is 34.9 Å². The van der Waals surface area contributed by atoms with Gasteiger partial charge in [0.1, 0.15) is 18.2 Å². The van der Waals surface area contributed by atoms with Crippen LogP contribution >= 0.6 is 23.1 Å². The lowest BCUT2D eigenvalue weighted by Gasteiger charge is -2.42. The van der Waals surface area contributed by atoms with Crippen LogP contribution in [0.3, 0.4) is 0 Å². The van der Waals surface area contributed by atoms with Gasteiger partial charge in [0.2, 0.25) is 22.4 Å². The van der Waals surface area contributed by atoms with Crippen molar-refractivity contribution in [1.29, 1.82) is 0 Å². The zero-order valence-corrected chi connectivity index (χ0v) is 23.8. The smallest absolute Gasteiger partial charge is 0.260 e. The van der Waals surface area contributed by atoms with E-state index in [1.807, 2.05) is 89.4 Å². The average molecular weight is 608 g/mol. The highest BCUT2D eigenvalue weighted by molar-refractivity contribution is 8.00. The van der Waals surface area contributed by atoms with Crippen LogP contribution in [0.1, 0.15) is 17.3 Å². The van der Waals surface area contributed by atoms with Crippen molar-refractivity contribution in [3.05, 3.63) is 139 Å². The summed E-state index contributed by atoms with van der Waals surface area (Å²) < 4.78 is 18.1. The van der Waals surface area contributed by atoms with Crippen LogP contribution in [0, 0.1) is 0 Å². The maximum absolute atomic E-state index is 7.16. The van der Waals surface area contributed by atoms with Crippen LogP contribution in [0.15, 0.2) is 140 Å². The molecule has 1 aliphatic heterocycles. The maximum atomic E-state index is 7.16. The quantitative estimate of drug-likeness (QED) is 0.195. The van der Waals surface area contributed by atoms with Gasteiger partial charge in [0.15, 0.2) is 0 Å². The number of hydrogen-bond acceptors (Lipinski definition) is 12. The van der Waals surface area contributed by atoms with Crippen LogP contribution in [0.25, 0.3) is 11.3 Å². The summed E-state index contributed by atoms with van der Waals surface area (Å²) in [6.45, 7) is 0. The third kappa shape index (κ3) is 3.86. The minimum absolute atomic E-state index is 0.279. The summed E-state index contributed by atoms with van der Waals surface area (Å²) in [6, 6.07) is 23.1. The van der Waals surface area contributed by atoms with E-state index < -0.39 is 10.5 Å². The number of nitrogens with zero attached hydrogens (tertiary/aromatic N) is 6. The Kier molecular flexibility index (Phi) is 6.14. The highest BCUT2D eigenvalue weighted by atomic mass is 32.2. The van der Waals surface area contributed by atoms with Gasteiger partial charge in [-0.1, -0.05) is 41.2 Å². The number of thiazole rings is 1. The van der Waals surface area contributed by atoms with E-state index >= 15 is 0 Å². The summed E-state index contributed by atoms with van der Waals surface area (Å²) >= 11 is 2.82. The van der Waals surface area contributed by atoms with E-state index in [0.717, 1.165) is 4.90 Å². The van der Waals surface area contributed by atoms with Gasteiger partial charge in [-0.3, -0.25) is 4.98 Å². The Balaban J connectivity index is 1.54. The molecule has 43 heavy (non-hydrogen) atoms. The first-order chi connectivity index (χ1) is 21.3. The van der Waals surface area contributed by atoms with Gasteiger partial charge in [0.25, 0.3) is 4.93 Å². The fraction of sp³-hybridized carbons (Fsp3) is 0.0667. The van der Waals surface area contributed by atoms with Crippen LogP contribution in [0.5, 0.6) is 0 Å². The lowest BCUT2D eigenvalue weighted by atomic mass is 9.81. The lowest BCUT2D eigenvalue weighted by Crippen LogP contribution is -2.56. The topological polar surface area (TPSA) is 122 Å². The van der Waals surface area contributed by atoms with E-state index in [4.69, 9.17) is 28.3 Å². The molecule has 1 aliphatic rings. The number of oxazole rings is 1. The Morgan fingerprint density at radius 1 is 0.837 bits per heavy atom. The Hall–Kier alpha value is -5.11. The number of nitrogens with one attached hydrogen (secondary N) is 1. The van der Waals surface area contributed by atoms with Gasteiger partial charge in [-0.05, 0) is 42.5 Å². The normalized spacial score (nSPS) is 20.2. The molecule has 7 heterocycles. The predicted octanol–water partition coefficient (Wildman–Crippen LogP) is 6.86. The number of pyridine rings is 1. The molecule has 11 nitrogen and oxygen atoms in total. The van der Waals surface area contributed by atoms with Crippen molar-refractivity contribution in [2.75, 3.05) is 10.2 Å². The first-order valence-corrected chi connectivity index (χ1v) is 14.9. The molecular formula is C30H21N7O4S2. The van der Waals surface area contributed by atoms with Crippen molar-refractivity contribution in [2.45, 2.75) is 15.4 Å². The number of aromatic nitrogens is 5. The number of rotatable bonds is 8. The maximum Gasteiger partial charge on any atom is 0.260 e. The van der Waals surface area contributed by atoms with Gasteiger partial charge < -0.3 is 18.3 Å². The lowest BCUT2D eigenvalue weighted by molar-refractivity contribution is 0.0131.